The third kappa shape index (κ3) is 3.06. The van der Waals surface area contributed by atoms with E-state index in [1.807, 2.05) is 24.3 Å². The summed E-state index contributed by atoms with van der Waals surface area (Å²) in [6.45, 7) is 1.85. The normalized spacial score (nSPS) is 13.1. The van der Waals surface area contributed by atoms with Crippen molar-refractivity contribution in [2.75, 3.05) is 6.61 Å². The Morgan fingerprint density at radius 2 is 1.46 bits per heavy atom. The molecule has 2 amide bonds. The molecule has 5 heteroatoms. The summed E-state index contributed by atoms with van der Waals surface area (Å²) in [5.74, 6) is -0.872. The predicted molar refractivity (Wildman–Crippen MR) is 87.4 cm³/mol. The number of carbonyl (C=O) groups excluding carboxylic acids is 3. The average Bonchev–Trinajstić information content (AvgIpc) is 2.81. The number of imide groups is 1. The topological polar surface area (TPSA) is 63.7 Å². The molecule has 0 atom stereocenters. The Bertz CT molecular complexity index is 778. The molecule has 1 aliphatic heterocycles. The second-order valence-corrected chi connectivity index (χ2v) is 5.60. The Morgan fingerprint density at radius 1 is 0.917 bits per heavy atom. The third-order valence-corrected chi connectivity index (χ3v) is 4.00. The fourth-order valence-corrected chi connectivity index (χ4v) is 2.81. The molecule has 24 heavy (non-hydrogen) atoms. The van der Waals surface area contributed by atoms with Gasteiger partial charge in [0.2, 0.25) is 0 Å². The molecule has 0 unspecified atom stereocenters. The van der Waals surface area contributed by atoms with Gasteiger partial charge in [-0.2, -0.15) is 0 Å². The number of hydrogen-bond acceptors (Lipinski definition) is 4. The van der Waals surface area contributed by atoms with Gasteiger partial charge in [-0.1, -0.05) is 36.4 Å². The van der Waals surface area contributed by atoms with Gasteiger partial charge < -0.3 is 4.74 Å². The van der Waals surface area contributed by atoms with Gasteiger partial charge in [-0.3, -0.25) is 19.3 Å². The molecule has 0 aromatic heterocycles. The molecule has 1 aliphatic rings. The molecular weight excluding hydrogens is 306 g/mol. The lowest BCUT2D eigenvalue weighted by atomic mass is 10.0. The second kappa shape index (κ2) is 6.66. The summed E-state index contributed by atoms with van der Waals surface area (Å²) in [5.41, 5.74) is 2.72. The lowest BCUT2D eigenvalue weighted by Crippen LogP contribution is -2.29. The van der Waals surface area contributed by atoms with Crippen molar-refractivity contribution in [3.63, 3.8) is 0 Å². The Kier molecular flexibility index (Phi) is 4.42. The highest BCUT2D eigenvalue weighted by atomic mass is 16.5. The molecular formula is C19H17NO4. The van der Waals surface area contributed by atoms with E-state index in [2.05, 4.69) is 0 Å². The quantitative estimate of drug-likeness (QED) is 0.627. The summed E-state index contributed by atoms with van der Waals surface area (Å²) in [6, 6.07) is 14.4. The molecule has 0 fully saturated rings. The van der Waals surface area contributed by atoms with Crippen LogP contribution in [0.1, 0.15) is 38.8 Å². The number of esters is 1. The van der Waals surface area contributed by atoms with E-state index >= 15 is 0 Å². The zero-order valence-corrected chi connectivity index (χ0v) is 13.3. The first-order valence-electron chi connectivity index (χ1n) is 7.73. The van der Waals surface area contributed by atoms with Gasteiger partial charge in [0, 0.05) is 13.3 Å². The highest BCUT2D eigenvalue weighted by Gasteiger charge is 2.35. The van der Waals surface area contributed by atoms with Crippen LogP contribution in [0.15, 0.2) is 48.5 Å². The number of hydrogen-bond donors (Lipinski definition) is 0. The van der Waals surface area contributed by atoms with E-state index in [4.69, 9.17) is 4.74 Å². The van der Waals surface area contributed by atoms with Crippen LogP contribution in [0.25, 0.3) is 0 Å². The first kappa shape index (κ1) is 15.9. The molecule has 5 nitrogen and oxygen atoms in total. The van der Waals surface area contributed by atoms with Crippen molar-refractivity contribution in [1.82, 2.24) is 4.90 Å². The van der Waals surface area contributed by atoms with E-state index in [-0.39, 0.29) is 30.9 Å². The van der Waals surface area contributed by atoms with Crippen molar-refractivity contribution in [2.45, 2.75) is 19.9 Å². The molecule has 122 valence electrons. The highest BCUT2D eigenvalue weighted by Crippen LogP contribution is 2.25. The lowest BCUT2D eigenvalue weighted by molar-refractivity contribution is -0.140. The van der Waals surface area contributed by atoms with Crippen LogP contribution < -0.4 is 0 Å². The molecule has 0 radical (unpaired) electrons. The number of amides is 2. The van der Waals surface area contributed by atoms with Crippen LogP contribution in [0.2, 0.25) is 0 Å². The predicted octanol–water partition coefficient (Wildman–Crippen LogP) is 2.59. The van der Waals surface area contributed by atoms with Gasteiger partial charge in [0.15, 0.2) is 0 Å². The van der Waals surface area contributed by atoms with Crippen LogP contribution in [0.5, 0.6) is 0 Å². The minimum absolute atomic E-state index is 0.211. The smallest absolute Gasteiger partial charge is 0.302 e. The second-order valence-electron chi connectivity index (χ2n) is 5.60. The van der Waals surface area contributed by atoms with Gasteiger partial charge in [0.1, 0.15) is 0 Å². The van der Waals surface area contributed by atoms with Gasteiger partial charge >= 0.3 is 5.97 Å². The van der Waals surface area contributed by atoms with Crippen LogP contribution in [0.4, 0.5) is 0 Å². The lowest BCUT2D eigenvalue weighted by Gasteiger charge is -2.16. The van der Waals surface area contributed by atoms with Crippen molar-refractivity contribution in [1.29, 1.82) is 0 Å². The maximum atomic E-state index is 12.5. The van der Waals surface area contributed by atoms with Crippen molar-refractivity contribution in [3.8, 4) is 0 Å². The monoisotopic (exact) mass is 323 g/mol. The molecule has 0 aliphatic carbocycles. The summed E-state index contributed by atoms with van der Waals surface area (Å²) >= 11 is 0. The molecule has 3 rings (SSSR count). The van der Waals surface area contributed by atoms with Gasteiger partial charge in [0.25, 0.3) is 11.8 Å². The Hall–Kier alpha value is -2.95. The van der Waals surface area contributed by atoms with E-state index in [1.165, 1.54) is 11.8 Å². The summed E-state index contributed by atoms with van der Waals surface area (Å²) in [6.07, 6.45) is 0.541. The van der Waals surface area contributed by atoms with Crippen LogP contribution in [-0.4, -0.2) is 29.3 Å². The van der Waals surface area contributed by atoms with Gasteiger partial charge in [0.05, 0.1) is 24.3 Å². The van der Waals surface area contributed by atoms with Gasteiger partial charge in [-0.05, 0) is 23.3 Å². The molecule has 0 spiro atoms. The molecule has 2 aromatic carbocycles. The zero-order valence-electron chi connectivity index (χ0n) is 13.3. The van der Waals surface area contributed by atoms with Crippen molar-refractivity contribution in [3.05, 3.63) is 70.8 Å². The number of ether oxygens (including phenoxy) is 1. The first-order valence-corrected chi connectivity index (χ1v) is 7.73. The maximum Gasteiger partial charge on any atom is 0.302 e. The van der Waals surface area contributed by atoms with Crippen LogP contribution >= 0.6 is 0 Å². The van der Waals surface area contributed by atoms with Crippen LogP contribution in [0.3, 0.4) is 0 Å². The third-order valence-electron chi connectivity index (χ3n) is 4.00. The Balaban J connectivity index is 1.79. The first-order chi connectivity index (χ1) is 11.6. The van der Waals surface area contributed by atoms with Crippen LogP contribution in [-0.2, 0) is 22.5 Å². The van der Waals surface area contributed by atoms with E-state index in [1.54, 1.807) is 24.3 Å². The van der Waals surface area contributed by atoms with E-state index in [0.29, 0.717) is 17.5 Å². The van der Waals surface area contributed by atoms with E-state index < -0.39 is 0 Å². The van der Waals surface area contributed by atoms with E-state index in [0.717, 1.165) is 11.1 Å². The van der Waals surface area contributed by atoms with E-state index in [9.17, 15) is 14.4 Å². The minimum atomic E-state index is -0.326. The maximum absolute atomic E-state index is 12.5. The molecule has 1 heterocycles. The molecule has 0 N–H and O–H groups in total. The van der Waals surface area contributed by atoms with Crippen molar-refractivity contribution < 1.29 is 19.1 Å². The summed E-state index contributed by atoms with van der Waals surface area (Å²) in [4.78, 5) is 37.1. The SMILES string of the molecule is CC(=O)OCCc1ccccc1CN1C(=O)c2ccccc2C1=O. The number of fused-ring (bicyclic) bond motifs is 1. The Labute approximate surface area is 139 Å². The highest BCUT2D eigenvalue weighted by molar-refractivity contribution is 6.21. The summed E-state index contributed by atoms with van der Waals surface area (Å²) in [5, 5.41) is 0. The summed E-state index contributed by atoms with van der Waals surface area (Å²) < 4.78 is 4.98. The summed E-state index contributed by atoms with van der Waals surface area (Å²) in [7, 11) is 0. The Morgan fingerprint density at radius 3 is 2.04 bits per heavy atom. The van der Waals surface area contributed by atoms with Crippen molar-refractivity contribution in [2.24, 2.45) is 0 Å². The van der Waals surface area contributed by atoms with Gasteiger partial charge in [-0.25, -0.2) is 0 Å². The number of rotatable bonds is 5. The zero-order chi connectivity index (χ0) is 17.1. The largest absolute Gasteiger partial charge is 0.466 e. The standard InChI is InChI=1S/C19H17NO4/c1-13(21)24-11-10-14-6-2-3-7-15(14)12-20-18(22)16-8-4-5-9-17(16)19(20)23/h2-9H,10-12H2,1H3. The van der Waals surface area contributed by atoms with Crippen LogP contribution in [0, 0.1) is 0 Å². The average molecular weight is 323 g/mol. The fourth-order valence-electron chi connectivity index (χ4n) is 2.81. The number of benzene rings is 2. The molecule has 0 saturated heterocycles. The molecule has 2 aromatic rings. The minimum Gasteiger partial charge on any atom is -0.466 e. The van der Waals surface area contributed by atoms with Crippen molar-refractivity contribution >= 4 is 17.8 Å². The fraction of sp³-hybridized carbons (Fsp3) is 0.211. The number of carbonyl (C=O) groups is 3. The molecule has 0 saturated carbocycles. The molecule has 0 bridgehead atoms. The number of nitrogens with zero attached hydrogens (tertiary/aromatic N) is 1. The van der Waals surface area contributed by atoms with Gasteiger partial charge in [-0.15, -0.1) is 0 Å².